The Balaban J connectivity index is 1.23. The van der Waals surface area contributed by atoms with Crippen LogP contribution in [0.25, 0.3) is 10.8 Å². The molecule has 0 heterocycles. The molecule has 1 aliphatic carbocycles. The highest BCUT2D eigenvalue weighted by atomic mass is 19.1. The fourth-order valence-corrected chi connectivity index (χ4v) is 4.58. The number of carbonyl (C=O) groups excluding carboxylic acids is 2. The van der Waals surface area contributed by atoms with E-state index in [2.05, 4.69) is 15.5 Å². The molecule has 1 aliphatic rings. The van der Waals surface area contributed by atoms with Crippen LogP contribution in [0.5, 0.6) is 0 Å². The number of benzene rings is 4. The second-order valence-electron chi connectivity index (χ2n) is 9.60. The third-order valence-electron chi connectivity index (χ3n) is 6.54. The largest absolute Gasteiger partial charge is 0.323 e. The number of carbonyl (C=O) groups is 2. The lowest BCUT2D eigenvalue weighted by atomic mass is 10.0. The molecule has 182 valence electrons. The van der Waals surface area contributed by atoms with Crippen molar-refractivity contribution in [3.63, 3.8) is 0 Å². The average molecular weight is 482 g/mol. The summed E-state index contributed by atoms with van der Waals surface area (Å²) in [4.78, 5) is 27.8. The van der Waals surface area contributed by atoms with Gasteiger partial charge in [-0.2, -0.15) is 0 Å². The van der Waals surface area contributed by atoms with Gasteiger partial charge in [0.2, 0.25) is 5.91 Å². The van der Waals surface area contributed by atoms with Crippen molar-refractivity contribution >= 4 is 34.0 Å². The van der Waals surface area contributed by atoms with Gasteiger partial charge < -0.3 is 15.5 Å². The third kappa shape index (κ3) is 5.14. The fraction of sp³-hybridized carbons (Fsp3) is 0.200. The Morgan fingerprint density at radius 2 is 1.69 bits per heavy atom. The monoisotopic (exact) mass is 481 g/mol. The van der Waals surface area contributed by atoms with Crippen molar-refractivity contribution < 1.29 is 14.0 Å². The first-order chi connectivity index (χ1) is 17.4. The van der Waals surface area contributed by atoms with Crippen LogP contribution >= 0.6 is 0 Å². The minimum Gasteiger partial charge on any atom is -0.323 e. The first-order valence-electron chi connectivity index (χ1n) is 12.0. The van der Waals surface area contributed by atoms with E-state index in [-0.39, 0.29) is 29.3 Å². The van der Waals surface area contributed by atoms with Crippen LogP contribution in [-0.4, -0.2) is 30.8 Å². The molecule has 5 nitrogen and oxygen atoms in total. The zero-order valence-corrected chi connectivity index (χ0v) is 20.3. The predicted octanol–water partition coefficient (Wildman–Crippen LogP) is 6.04. The highest BCUT2D eigenvalue weighted by molar-refractivity contribution is 6.04. The van der Waals surface area contributed by atoms with E-state index in [1.807, 2.05) is 68.7 Å². The van der Waals surface area contributed by atoms with Gasteiger partial charge in [0.15, 0.2) is 5.82 Å². The van der Waals surface area contributed by atoms with Crippen LogP contribution in [0.3, 0.4) is 0 Å². The van der Waals surface area contributed by atoms with Gasteiger partial charge >= 0.3 is 0 Å². The topological polar surface area (TPSA) is 61.4 Å². The van der Waals surface area contributed by atoms with E-state index in [0.717, 1.165) is 23.2 Å². The molecule has 1 saturated carbocycles. The van der Waals surface area contributed by atoms with Crippen LogP contribution < -0.4 is 10.6 Å². The second-order valence-corrected chi connectivity index (χ2v) is 9.60. The van der Waals surface area contributed by atoms with Crippen LogP contribution in [0.4, 0.5) is 15.8 Å². The number of hydrogen-bond acceptors (Lipinski definition) is 3. The predicted molar refractivity (Wildman–Crippen MR) is 142 cm³/mol. The van der Waals surface area contributed by atoms with Gasteiger partial charge in [0.05, 0.1) is 5.69 Å². The Morgan fingerprint density at radius 1 is 0.917 bits per heavy atom. The van der Waals surface area contributed by atoms with Crippen LogP contribution in [0, 0.1) is 11.7 Å². The number of nitrogens with one attached hydrogen (secondary N) is 2. The minimum atomic E-state index is -0.424. The minimum absolute atomic E-state index is 0.00610. The fourth-order valence-electron chi connectivity index (χ4n) is 4.58. The molecular formula is C30H28FN3O2. The number of halogens is 1. The lowest BCUT2D eigenvalue weighted by Crippen LogP contribution is -2.16. The van der Waals surface area contributed by atoms with Gasteiger partial charge in [0.1, 0.15) is 0 Å². The molecule has 4 aromatic rings. The van der Waals surface area contributed by atoms with Crippen molar-refractivity contribution in [1.82, 2.24) is 4.90 Å². The smallest absolute Gasteiger partial charge is 0.255 e. The molecule has 2 atom stereocenters. The number of hydrogen-bond donors (Lipinski definition) is 2. The molecule has 0 bridgehead atoms. The van der Waals surface area contributed by atoms with Gasteiger partial charge in [-0.1, -0.05) is 54.6 Å². The van der Waals surface area contributed by atoms with Gasteiger partial charge in [0.25, 0.3) is 5.91 Å². The Bertz CT molecular complexity index is 1430. The highest BCUT2D eigenvalue weighted by Crippen LogP contribution is 2.48. The van der Waals surface area contributed by atoms with Crippen molar-refractivity contribution in [1.29, 1.82) is 0 Å². The molecular weight excluding hydrogens is 453 g/mol. The van der Waals surface area contributed by atoms with Gasteiger partial charge in [-0.25, -0.2) is 4.39 Å². The highest BCUT2D eigenvalue weighted by Gasteiger charge is 2.44. The van der Waals surface area contributed by atoms with Crippen LogP contribution in [-0.2, 0) is 11.3 Å². The summed E-state index contributed by atoms with van der Waals surface area (Å²) in [5, 5.41) is 6.96. The maximum absolute atomic E-state index is 14.9. The molecule has 0 spiro atoms. The van der Waals surface area contributed by atoms with Crippen LogP contribution in [0.15, 0.2) is 84.9 Å². The van der Waals surface area contributed by atoms with E-state index in [4.69, 9.17) is 0 Å². The molecule has 2 N–H and O–H groups in total. The second kappa shape index (κ2) is 9.91. The average Bonchev–Trinajstić information content (AvgIpc) is 3.68. The first-order valence-corrected chi connectivity index (χ1v) is 12.0. The molecule has 4 aromatic carbocycles. The molecule has 0 aliphatic heterocycles. The summed E-state index contributed by atoms with van der Waals surface area (Å²) in [5.74, 6) is -1.07. The molecule has 1 fully saturated rings. The lowest BCUT2D eigenvalue weighted by Gasteiger charge is -2.11. The Kier molecular flexibility index (Phi) is 6.53. The molecule has 6 heteroatoms. The Hall–Kier alpha value is -4.03. The van der Waals surface area contributed by atoms with Crippen molar-refractivity contribution in [2.75, 3.05) is 24.7 Å². The van der Waals surface area contributed by atoms with Crippen molar-refractivity contribution in [2.24, 2.45) is 5.92 Å². The van der Waals surface area contributed by atoms with Crippen LogP contribution in [0.2, 0.25) is 0 Å². The summed E-state index contributed by atoms with van der Waals surface area (Å²) in [7, 11) is 4.02. The summed E-state index contributed by atoms with van der Waals surface area (Å²) < 4.78 is 14.9. The van der Waals surface area contributed by atoms with Gasteiger partial charge in [-0.05, 0) is 73.3 Å². The molecule has 0 saturated heterocycles. The Morgan fingerprint density at radius 3 is 2.47 bits per heavy atom. The summed E-state index contributed by atoms with van der Waals surface area (Å²) in [6.07, 6.45) is 0.666. The molecule has 2 amide bonds. The number of fused-ring (bicyclic) bond motifs is 1. The van der Waals surface area contributed by atoms with E-state index in [1.165, 1.54) is 5.56 Å². The number of amides is 2. The van der Waals surface area contributed by atoms with Gasteiger partial charge in [-0.15, -0.1) is 0 Å². The van der Waals surface area contributed by atoms with Gasteiger partial charge in [0, 0.05) is 29.1 Å². The third-order valence-corrected chi connectivity index (χ3v) is 6.54. The quantitative estimate of drug-likeness (QED) is 0.339. The molecule has 5 rings (SSSR count). The standard InChI is InChI=1S/C30H28FN3O2/c1-34(2)18-19-10-13-23(14-11-19)32-29(35)22-8-5-7-21(16-22)25-17-26(25)30(36)33-27-15-12-20-6-3-4-9-24(20)28(27)31/h3-16,25-26H,17-18H2,1-2H3,(H,32,35)(H,33,36)/t25-,26+/m0/s1. The molecule has 0 unspecified atom stereocenters. The normalized spacial score (nSPS) is 16.7. The number of anilines is 2. The maximum atomic E-state index is 14.9. The summed E-state index contributed by atoms with van der Waals surface area (Å²) >= 11 is 0. The first kappa shape index (κ1) is 23.7. The molecule has 0 radical (unpaired) electrons. The van der Waals surface area contributed by atoms with E-state index < -0.39 is 5.82 Å². The van der Waals surface area contributed by atoms with Gasteiger partial charge in [-0.3, -0.25) is 9.59 Å². The maximum Gasteiger partial charge on any atom is 0.255 e. The number of rotatable bonds is 7. The summed E-state index contributed by atoms with van der Waals surface area (Å²) in [6, 6.07) is 25.7. The van der Waals surface area contributed by atoms with E-state index >= 15 is 0 Å². The summed E-state index contributed by atoms with van der Waals surface area (Å²) in [5.41, 5.74) is 3.56. The van der Waals surface area contributed by atoms with Crippen molar-refractivity contribution in [3.8, 4) is 0 Å². The number of nitrogens with zero attached hydrogens (tertiary/aromatic N) is 1. The van der Waals surface area contributed by atoms with Crippen molar-refractivity contribution in [3.05, 3.63) is 107 Å². The Labute approximate surface area is 209 Å². The zero-order valence-electron chi connectivity index (χ0n) is 20.3. The molecule has 0 aromatic heterocycles. The molecule has 36 heavy (non-hydrogen) atoms. The van der Waals surface area contributed by atoms with Crippen molar-refractivity contribution in [2.45, 2.75) is 18.9 Å². The van der Waals surface area contributed by atoms with Crippen LogP contribution in [0.1, 0.15) is 33.8 Å². The van der Waals surface area contributed by atoms with E-state index in [0.29, 0.717) is 17.4 Å². The zero-order chi connectivity index (χ0) is 25.2. The summed E-state index contributed by atoms with van der Waals surface area (Å²) in [6.45, 7) is 0.833. The van der Waals surface area contributed by atoms with E-state index in [1.54, 1.807) is 30.3 Å². The lowest BCUT2D eigenvalue weighted by molar-refractivity contribution is -0.117. The SMILES string of the molecule is CN(C)Cc1ccc(NC(=O)c2cccc([C@@H]3C[C@H]3C(=O)Nc3ccc4ccccc4c3F)c2)cc1. The van der Waals surface area contributed by atoms with E-state index in [9.17, 15) is 14.0 Å².